The van der Waals surface area contributed by atoms with E-state index in [-0.39, 0.29) is 24.5 Å². The molecule has 1 atom stereocenters. The van der Waals surface area contributed by atoms with E-state index in [1.807, 2.05) is 6.92 Å². The average Bonchev–Trinajstić information content (AvgIpc) is 3.52. The summed E-state index contributed by atoms with van der Waals surface area (Å²) in [6, 6.07) is 5.08. The molecule has 0 spiro atoms. The minimum atomic E-state index is -3.64. The number of sulfonamides is 1. The number of rotatable bonds is 11. The fourth-order valence-corrected chi connectivity index (χ4v) is 4.41. The molecule has 0 aliphatic heterocycles. The van der Waals surface area contributed by atoms with Gasteiger partial charge in [0.05, 0.1) is 12.4 Å². The molecular formula is C20H26FN3O5S. The zero-order chi connectivity index (χ0) is 21.7. The molecule has 2 aromatic rings. The van der Waals surface area contributed by atoms with E-state index in [0.29, 0.717) is 24.5 Å². The van der Waals surface area contributed by atoms with Crippen molar-refractivity contribution in [2.24, 2.45) is 5.92 Å². The number of H-pyrrole nitrogens is 1. The smallest absolute Gasteiger partial charge is 0.328 e. The number of ether oxygens (including phenoxy) is 1. The molecule has 30 heavy (non-hydrogen) atoms. The van der Waals surface area contributed by atoms with Gasteiger partial charge in [0.25, 0.3) is 5.56 Å². The lowest BCUT2D eigenvalue weighted by Gasteiger charge is -2.19. The van der Waals surface area contributed by atoms with Gasteiger partial charge in [-0.2, -0.15) is 0 Å². The standard InChI is InChI=1S/C20H26FN3O5S/c1-2-17(15-6-7-16(21)18(12-15)29-13-14-4-5-14)23-30(27,28)11-3-9-24-10-8-19(25)22-20(24)26/h6-8,10,12,14,17,23H,2-5,9,11,13H2,1H3,(H,22,25,26). The number of halogens is 1. The maximum atomic E-state index is 14.0. The van der Waals surface area contributed by atoms with Crippen molar-refractivity contribution in [1.29, 1.82) is 0 Å². The normalized spacial score (nSPS) is 15.1. The number of aromatic nitrogens is 2. The Morgan fingerprint density at radius 2 is 2.07 bits per heavy atom. The van der Waals surface area contributed by atoms with Gasteiger partial charge in [-0.1, -0.05) is 13.0 Å². The van der Waals surface area contributed by atoms with Crippen LogP contribution >= 0.6 is 0 Å². The summed E-state index contributed by atoms with van der Waals surface area (Å²) in [7, 11) is -3.64. The molecule has 164 valence electrons. The van der Waals surface area contributed by atoms with E-state index < -0.39 is 33.1 Å². The lowest BCUT2D eigenvalue weighted by Crippen LogP contribution is -2.32. The Kier molecular flexibility index (Phi) is 7.09. The number of benzene rings is 1. The molecule has 0 saturated heterocycles. The van der Waals surface area contributed by atoms with Crippen LogP contribution in [-0.2, 0) is 16.6 Å². The molecule has 1 saturated carbocycles. The predicted octanol–water partition coefficient (Wildman–Crippen LogP) is 1.93. The highest BCUT2D eigenvalue weighted by atomic mass is 32.2. The lowest BCUT2D eigenvalue weighted by molar-refractivity contribution is 0.284. The molecule has 0 amide bonds. The molecule has 2 N–H and O–H groups in total. The van der Waals surface area contributed by atoms with Crippen LogP contribution in [0.1, 0.15) is 44.2 Å². The molecule has 1 aromatic heterocycles. The van der Waals surface area contributed by atoms with Gasteiger partial charge in [0.15, 0.2) is 11.6 Å². The number of nitrogens with zero attached hydrogens (tertiary/aromatic N) is 1. The van der Waals surface area contributed by atoms with Crippen LogP contribution in [0, 0.1) is 11.7 Å². The molecule has 8 nitrogen and oxygen atoms in total. The highest BCUT2D eigenvalue weighted by Crippen LogP contribution is 2.31. The van der Waals surface area contributed by atoms with E-state index in [2.05, 4.69) is 9.71 Å². The van der Waals surface area contributed by atoms with Crippen molar-refractivity contribution in [2.45, 2.75) is 45.2 Å². The number of aryl methyl sites for hydroxylation is 1. The zero-order valence-corrected chi connectivity index (χ0v) is 17.6. The predicted molar refractivity (Wildman–Crippen MR) is 111 cm³/mol. The van der Waals surface area contributed by atoms with E-state index in [4.69, 9.17) is 4.74 Å². The van der Waals surface area contributed by atoms with Crippen LogP contribution in [0.3, 0.4) is 0 Å². The molecule has 3 rings (SSSR count). The first-order chi connectivity index (χ1) is 14.3. The summed E-state index contributed by atoms with van der Waals surface area (Å²) in [5.41, 5.74) is -0.453. The summed E-state index contributed by atoms with van der Waals surface area (Å²) in [5.74, 6) is -0.0529. The summed E-state index contributed by atoms with van der Waals surface area (Å²) < 4.78 is 48.5. The Balaban J connectivity index is 1.61. The van der Waals surface area contributed by atoms with Crippen molar-refractivity contribution >= 4 is 10.0 Å². The topological polar surface area (TPSA) is 110 Å². The largest absolute Gasteiger partial charge is 0.490 e. The summed E-state index contributed by atoms with van der Waals surface area (Å²) in [5, 5.41) is 0. The fourth-order valence-electron chi connectivity index (χ4n) is 3.05. The number of nitrogens with one attached hydrogen (secondary N) is 2. The van der Waals surface area contributed by atoms with Crippen LogP contribution in [0.15, 0.2) is 40.1 Å². The third-order valence-electron chi connectivity index (χ3n) is 4.97. The maximum Gasteiger partial charge on any atom is 0.328 e. The fraction of sp³-hybridized carbons (Fsp3) is 0.500. The quantitative estimate of drug-likeness (QED) is 0.556. The van der Waals surface area contributed by atoms with Crippen molar-refractivity contribution in [1.82, 2.24) is 14.3 Å². The average molecular weight is 440 g/mol. The van der Waals surface area contributed by atoms with Crippen molar-refractivity contribution in [3.63, 3.8) is 0 Å². The molecule has 10 heteroatoms. The van der Waals surface area contributed by atoms with E-state index in [0.717, 1.165) is 12.8 Å². The first-order valence-corrected chi connectivity index (χ1v) is 11.6. The van der Waals surface area contributed by atoms with Gasteiger partial charge in [-0.05, 0) is 49.3 Å². The van der Waals surface area contributed by atoms with E-state index in [1.165, 1.54) is 22.9 Å². The van der Waals surface area contributed by atoms with Crippen molar-refractivity contribution in [2.75, 3.05) is 12.4 Å². The summed E-state index contributed by atoms with van der Waals surface area (Å²) in [4.78, 5) is 24.9. The van der Waals surface area contributed by atoms with Gasteiger partial charge in [0.1, 0.15) is 0 Å². The van der Waals surface area contributed by atoms with Crippen molar-refractivity contribution in [3.8, 4) is 5.75 Å². The SMILES string of the molecule is CCC(NS(=O)(=O)CCCn1ccc(=O)[nH]c1=O)c1ccc(F)c(OCC2CC2)c1. The summed E-state index contributed by atoms with van der Waals surface area (Å²) in [6.07, 6.45) is 4.18. The second-order valence-corrected chi connectivity index (χ2v) is 9.37. The van der Waals surface area contributed by atoms with Gasteiger partial charge in [0.2, 0.25) is 10.0 Å². The maximum absolute atomic E-state index is 14.0. The van der Waals surface area contributed by atoms with Gasteiger partial charge < -0.3 is 9.30 Å². The molecule has 1 fully saturated rings. The van der Waals surface area contributed by atoms with Crippen LogP contribution < -0.4 is 20.7 Å². The second kappa shape index (κ2) is 9.57. The van der Waals surface area contributed by atoms with Crippen molar-refractivity contribution < 1.29 is 17.5 Å². The van der Waals surface area contributed by atoms with E-state index in [9.17, 15) is 22.4 Å². The Hall–Kier alpha value is -2.46. The van der Waals surface area contributed by atoms with Gasteiger partial charge in [-0.3, -0.25) is 9.78 Å². The van der Waals surface area contributed by atoms with Crippen LogP contribution in [0.2, 0.25) is 0 Å². The molecule has 0 radical (unpaired) electrons. The van der Waals surface area contributed by atoms with Crippen LogP contribution in [-0.4, -0.2) is 30.3 Å². The monoisotopic (exact) mass is 439 g/mol. The Labute approximate surface area is 174 Å². The van der Waals surface area contributed by atoms with Crippen molar-refractivity contribution in [3.05, 3.63) is 62.7 Å². The van der Waals surface area contributed by atoms with E-state index >= 15 is 0 Å². The third-order valence-corrected chi connectivity index (χ3v) is 6.44. The van der Waals surface area contributed by atoms with Gasteiger partial charge >= 0.3 is 5.69 Å². The highest BCUT2D eigenvalue weighted by molar-refractivity contribution is 7.89. The minimum Gasteiger partial charge on any atom is -0.490 e. The third kappa shape index (κ3) is 6.27. The number of hydrogen-bond donors (Lipinski definition) is 2. The second-order valence-electron chi connectivity index (χ2n) is 7.50. The van der Waals surface area contributed by atoms with Crippen LogP contribution in [0.5, 0.6) is 5.75 Å². The first-order valence-electron chi connectivity index (χ1n) is 9.99. The Morgan fingerprint density at radius 3 is 2.73 bits per heavy atom. The number of hydrogen-bond acceptors (Lipinski definition) is 5. The van der Waals surface area contributed by atoms with Crippen LogP contribution in [0.4, 0.5) is 4.39 Å². The van der Waals surface area contributed by atoms with Gasteiger partial charge in [-0.15, -0.1) is 0 Å². The minimum absolute atomic E-state index is 0.134. The zero-order valence-electron chi connectivity index (χ0n) is 16.8. The molecule has 1 heterocycles. The summed E-state index contributed by atoms with van der Waals surface area (Å²) in [6.45, 7) is 2.46. The molecule has 0 bridgehead atoms. The molecule has 1 aliphatic rings. The summed E-state index contributed by atoms with van der Waals surface area (Å²) >= 11 is 0. The molecule has 1 aromatic carbocycles. The van der Waals surface area contributed by atoms with Gasteiger partial charge in [0, 0.05) is 24.8 Å². The van der Waals surface area contributed by atoms with E-state index in [1.54, 1.807) is 12.1 Å². The molecule has 1 unspecified atom stereocenters. The lowest BCUT2D eigenvalue weighted by atomic mass is 10.1. The Bertz CT molecular complexity index is 1090. The van der Waals surface area contributed by atoms with Crippen LogP contribution in [0.25, 0.3) is 0 Å². The molecule has 1 aliphatic carbocycles. The Morgan fingerprint density at radius 1 is 1.30 bits per heavy atom. The first kappa shape index (κ1) is 22.2. The molecular weight excluding hydrogens is 413 g/mol. The highest BCUT2D eigenvalue weighted by Gasteiger charge is 2.23. The van der Waals surface area contributed by atoms with Gasteiger partial charge in [-0.25, -0.2) is 22.3 Å². The number of aromatic amines is 1.